The first-order chi connectivity index (χ1) is 11.0. The van der Waals surface area contributed by atoms with E-state index in [2.05, 4.69) is 5.43 Å². The second kappa shape index (κ2) is 8.28. The SMILES string of the molecule is CC(=O)N(NCCOCC(=O)O)c1cc(F)c2c(c1)CCCS2. The van der Waals surface area contributed by atoms with Crippen LogP contribution in [0.2, 0.25) is 0 Å². The first-order valence-corrected chi connectivity index (χ1v) is 8.26. The Morgan fingerprint density at radius 1 is 1.48 bits per heavy atom. The second-order valence-electron chi connectivity index (χ2n) is 5.08. The third kappa shape index (κ3) is 4.92. The van der Waals surface area contributed by atoms with Gasteiger partial charge in [0.2, 0.25) is 5.91 Å². The summed E-state index contributed by atoms with van der Waals surface area (Å²) < 4.78 is 19.1. The van der Waals surface area contributed by atoms with E-state index < -0.39 is 12.6 Å². The average Bonchev–Trinajstić information content (AvgIpc) is 2.50. The molecule has 0 saturated heterocycles. The highest BCUT2D eigenvalue weighted by molar-refractivity contribution is 7.99. The summed E-state index contributed by atoms with van der Waals surface area (Å²) in [6.45, 7) is 1.34. The number of carboxylic acids is 1. The molecule has 6 nitrogen and oxygen atoms in total. The van der Waals surface area contributed by atoms with Crippen molar-refractivity contribution in [3.05, 3.63) is 23.5 Å². The predicted molar refractivity (Wildman–Crippen MR) is 85.1 cm³/mol. The van der Waals surface area contributed by atoms with Crippen LogP contribution >= 0.6 is 11.8 Å². The number of carbonyl (C=O) groups is 2. The lowest BCUT2D eigenvalue weighted by molar-refractivity contribution is -0.142. The van der Waals surface area contributed by atoms with Crippen LogP contribution in [-0.2, 0) is 20.7 Å². The third-order valence-corrected chi connectivity index (χ3v) is 4.50. The lowest BCUT2D eigenvalue weighted by Crippen LogP contribution is -2.43. The Labute approximate surface area is 138 Å². The van der Waals surface area contributed by atoms with Crippen LogP contribution in [0.3, 0.4) is 0 Å². The zero-order valence-electron chi connectivity index (χ0n) is 12.8. The summed E-state index contributed by atoms with van der Waals surface area (Å²) in [6, 6.07) is 3.15. The number of hydrogen-bond donors (Lipinski definition) is 2. The third-order valence-electron chi connectivity index (χ3n) is 3.26. The molecular weight excluding hydrogens is 323 g/mol. The van der Waals surface area contributed by atoms with E-state index in [9.17, 15) is 14.0 Å². The quantitative estimate of drug-likeness (QED) is 0.581. The van der Waals surface area contributed by atoms with Crippen molar-refractivity contribution in [2.24, 2.45) is 0 Å². The smallest absolute Gasteiger partial charge is 0.329 e. The zero-order chi connectivity index (χ0) is 16.8. The van der Waals surface area contributed by atoms with Gasteiger partial charge in [-0.1, -0.05) is 0 Å². The summed E-state index contributed by atoms with van der Waals surface area (Å²) in [5.41, 5.74) is 4.18. The molecule has 1 aliphatic rings. The first-order valence-electron chi connectivity index (χ1n) is 7.28. The highest BCUT2D eigenvalue weighted by Gasteiger charge is 2.19. The topological polar surface area (TPSA) is 78.9 Å². The van der Waals surface area contributed by atoms with Crippen molar-refractivity contribution in [3.63, 3.8) is 0 Å². The minimum absolute atomic E-state index is 0.124. The van der Waals surface area contributed by atoms with Gasteiger partial charge in [0, 0.05) is 24.4 Å². The molecule has 0 aliphatic carbocycles. The van der Waals surface area contributed by atoms with E-state index in [-0.39, 0.29) is 24.9 Å². The molecule has 0 fully saturated rings. The Hall–Kier alpha value is -1.64. The molecule has 0 saturated carbocycles. The molecule has 1 heterocycles. The number of fused-ring (bicyclic) bond motifs is 1. The van der Waals surface area contributed by atoms with Crippen LogP contribution in [0.15, 0.2) is 17.0 Å². The Morgan fingerprint density at radius 2 is 2.26 bits per heavy atom. The van der Waals surface area contributed by atoms with E-state index in [4.69, 9.17) is 9.84 Å². The summed E-state index contributed by atoms with van der Waals surface area (Å²) in [6.07, 6.45) is 1.78. The lowest BCUT2D eigenvalue weighted by Gasteiger charge is -2.25. The highest BCUT2D eigenvalue weighted by atomic mass is 32.2. The van der Waals surface area contributed by atoms with Crippen molar-refractivity contribution in [1.82, 2.24) is 5.43 Å². The van der Waals surface area contributed by atoms with E-state index >= 15 is 0 Å². The number of amides is 1. The molecule has 1 aromatic carbocycles. The van der Waals surface area contributed by atoms with E-state index in [0.29, 0.717) is 10.6 Å². The minimum Gasteiger partial charge on any atom is -0.480 e. The molecule has 2 N–H and O–H groups in total. The number of aryl methyl sites for hydroxylation is 1. The molecule has 0 spiro atoms. The number of hydrogen-bond acceptors (Lipinski definition) is 5. The maximum absolute atomic E-state index is 14.2. The molecule has 126 valence electrons. The van der Waals surface area contributed by atoms with Gasteiger partial charge in [-0.25, -0.2) is 19.6 Å². The lowest BCUT2D eigenvalue weighted by atomic mass is 10.1. The minimum atomic E-state index is -1.05. The Balaban J connectivity index is 2.04. The fourth-order valence-electron chi connectivity index (χ4n) is 2.32. The van der Waals surface area contributed by atoms with Gasteiger partial charge in [-0.3, -0.25) is 4.79 Å². The number of carboxylic acid groups (broad SMARTS) is 1. The van der Waals surface area contributed by atoms with E-state index in [1.54, 1.807) is 0 Å². The Bertz CT molecular complexity index is 597. The van der Waals surface area contributed by atoms with Crippen LogP contribution in [0.5, 0.6) is 0 Å². The van der Waals surface area contributed by atoms with Crippen LogP contribution in [0.4, 0.5) is 10.1 Å². The van der Waals surface area contributed by atoms with Gasteiger partial charge in [0.15, 0.2) is 0 Å². The number of thioether (sulfide) groups is 1. The monoisotopic (exact) mass is 342 g/mol. The van der Waals surface area contributed by atoms with E-state index in [1.165, 1.54) is 29.8 Å². The van der Waals surface area contributed by atoms with Gasteiger partial charge in [0.1, 0.15) is 12.4 Å². The van der Waals surface area contributed by atoms with Crippen molar-refractivity contribution >= 4 is 29.3 Å². The standard InChI is InChI=1S/C15H19FN2O4S/c1-10(19)18(17-4-5-22-9-14(20)21)12-7-11-3-2-6-23-15(11)13(16)8-12/h7-8,17H,2-6,9H2,1H3,(H,20,21). The number of aliphatic carboxylic acids is 1. The number of rotatable bonds is 7. The number of anilines is 1. The van der Waals surface area contributed by atoms with Crippen molar-refractivity contribution in [2.75, 3.05) is 30.5 Å². The van der Waals surface area contributed by atoms with Gasteiger partial charge in [0.25, 0.3) is 0 Å². The van der Waals surface area contributed by atoms with Crippen molar-refractivity contribution in [3.8, 4) is 0 Å². The molecule has 0 atom stereocenters. The van der Waals surface area contributed by atoms with Gasteiger partial charge in [-0.15, -0.1) is 11.8 Å². The molecule has 1 amide bonds. The van der Waals surface area contributed by atoms with Gasteiger partial charge < -0.3 is 9.84 Å². The molecular formula is C15H19FN2O4S. The second-order valence-corrected chi connectivity index (χ2v) is 6.18. The predicted octanol–water partition coefficient (Wildman–Crippen LogP) is 1.82. The van der Waals surface area contributed by atoms with Crippen molar-refractivity contribution < 1.29 is 23.8 Å². The average molecular weight is 342 g/mol. The Morgan fingerprint density at radius 3 is 2.96 bits per heavy atom. The molecule has 0 unspecified atom stereocenters. The molecule has 23 heavy (non-hydrogen) atoms. The number of hydrazine groups is 1. The molecule has 1 aliphatic heterocycles. The van der Waals surface area contributed by atoms with Crippen molar-refractivity contribution in [2.45, 2.75) is 24.7 Å². The summed E-state index contributed by atoms with van der Waals surface area (Å²) in [4.78, 5) is 22.8. The van der Waals surface area contributed by atoms with Gasteiger partial charge >= 0.3 is 5.97 Å². The van der Waals surface area contributed by atoms with Gasteiger partial charge in [-0.2, -0.15) is 0 Å². The largest absolute Gasteiger partial charge is 0.480 e. The zero-order valence-corrected chi connectivity index (χ0v) is 13.6. The van der Waals surface area contributed by atoms with Crippen LogP contribution in [0.1, 0.15) is 18.9 Å². The summed E-state index contributed by atoms with van der Waals surface area (Å²) in [5.74, 6) is -0.759. The highest BCUT2D eigenvalue weighted by Crippen LogP contribution is 2.35. The van der Waals surface area contributed by atoms with Gasteiger partial charge in [0.05, 0.1) is 12.3 Å². The molecule has 1 aromatic rings. The number of nitrogens with zero attached hydrogens (tertiary/aromatic N) is 1. The number of carbonyl (C=O) groups excluding carboxylic acids is 1. The molecule has 8 heteroatoms. The molecule has 0 aromatic heterocycles. The summed E-state index contributed by atoms with van der Waals surface area (Å²) in [7, 11) is 0. The number of nitrogens with one attached hydrogen (secondary N) is 1. The number of halogens is 1. The molecule has 0 radical (unpaired) electrons. The van der Waals surface area contributed by atoms with Crippen LogP contribution in [0, 0.1) is 5.82 Å². The Kier molecular flexibility index (Phi) is 6.37. The molecule has 2 rings (SSSR count). The number of benzene rings is 1. The fraction of sp³-hybridized carbons (Fsp3) is 0.467. The molecule has 0 bridgehead atoms. The van der Waals surface area contributed by atoms with Crippen LogP contribution in [0.25, 0.3) is 0 Å². The number of ether oxygens (including phenoxy) is 1. The maximum atomic E-state index is 14.2. The van der Waals surface area contributed by atoms with Crippen LogP contribution < -0.4 is 10.4 Å². The summed E-state index contributed by atoms with van der Waals surface area (Å²) in [5, 5.41) is 9.73. The van der Waals surface area contributed by atoms with E-state index in [1.807, 2.05) is 6.07 Å². The van der Waals surface area contributed by atoms with Crippen LogP contribution in [-0.4, -0.2) is 42.5 Å². The van der Waals surface area contributed by atoms with Gasteiger partial charge in [-0.05, 0) is 30.2 Å². The van der Waals surface area contributed by atoms with Crippen molar-refractivity contribution in [1.29, 1.82) is 0 Å². The summed E-state index contributed by atoms with van der Waals surface area (Å²) >= 11 is 1.50. The first kappa shape index (κ1) is 17.7. The van der Waals surface area contributed by atoms with E-state index in [0.717, 1.165) is 24.2 Å². The maximum Gasteiger partial charge on any atom is 0.329 e. The normalized spacial score (nSPS) is 13.5. The fourth-order valence-corrected chi connectivity index (χ4v) is 3.36.